The van der Waals surface area contributed by atoms with E-state index in [0.717, 1.165) is 22.3 Å². The van der Waals surface area contributed by atoms with Crippen molar-refractivity contribution in [1.29, 1.82) is 0 Å². The molecular formula is C12H10BrN5O. The first kappa shape index (κ1) is 11.9. The molecule has 3 heterocycles. The van der Waals surface area contributed by atoms with E-state index < -0.39 is 0 Å². The van der Waals surface area contributed by atoms with Gasteiger partial charge in [-0.2, -0.15) is 0 Å². The summed E-state index contributed by atoms with van der Waals surface area (Å²) in [6.45, 7) is 0. The fourth-order valence-corrected chi connectivity index (χ4v) is 2.34. The number of aromatic nitrogens is 4. The maximum Gasteiger partial charge on any atom is 0.220 e. The van der Waals surface area contributed by atoms with Gasteiger partial charge in [-0.3, -0.25) is 0 Å². The van der Waals surface area contributed by atoms with Crippen LogP contribution in [0.4, 0.5) is 5.95 Å². The summed E-state index contributed by atoms with van der Waals surface area (Å²) in [4.78, 5) is 15.6. The van der Waals surface area contributed by atoms with Gasteiger partial charge in [-0.1, -0.05) is 0 Å². The molecule has 3 rings (SSSR count). The number of nitrogens with two attached hydrogens (primary N) is 1. The molecule has 0 fully saturated rings. The maximum absolute atomic E-state index is 5.62. The summed E-state index contributed by atoms with van der Waals surface area (Å²) in [6, 6.07) is 3.60. The van der Waals surface area contributed by atoms with Crippen LogP contribution in [0.1, 0.15) is 0 Å². The van der Waals surface area contributed by atoms with Gasteiger partial charge in [0.2, 0.25) is 5.95 Å². The molecule has 0 saturated carbocycles. The van der Waals surface area contributed by atoms with Crippen molar-refractivity contribution in [2.75, 3.05) is 12.8 Å². The summed E-state index contributed by atoms with van der Waals surface area (Å²) in [5.74, 6) is 0.946. The Labute approximate surface area is 117 Å². The number of methoxy groups -OCH3 is 1. The van der Waals surface area contributed by atoms with Gasteiger partial charge in [-0.15, -0.1) is 0 Å². The number of nitrogen functional groups attached to an aromatic ring is 1. The van der Waals surface area contributed by atoms with Gasteiger partial charge in [0.15, 0.2) is 0 Å². The molecule has 0 aliphatic rings. The summed E-state index contributed by atoms with van der Waals surface area (Å²) in [7, 11) is 1.62. The van der Waals surface area contributed by atoms with Crippen molar-refractivity contribution >= 4 is 32.9 Å². The summed E-state index contributed by atoms with van der Waals surface area (Å²) < 4.78 is 6.10. The first-order chi connectivity index (χ1) is 9.19. The molecule has 19 heavy (non-hydrogen) atoms. The smallest absolute Gasteiger partial charge is 0.220 e. The molecule has 3 aromatic rings. The van der Waals surface area contributed by atoms with Gasteiger partial charge in [0.25, 0.3) is 0 Å². The number of fused-ring (bicyclic) bond motifs is 1. The minimum absolute atomic E-state index is 0.232. The van der Waals surface area contributed by atoms with E-state index in [1.54, 1.807) is 19.4 Å². The molecule has 0 unspecified atom stereocenters. The van der Waals surface area contributed by atoms with Crippen LogP contribution in [-0.2, 0) is 0 Å². The predicted octanol–water partition coefficient (Wildman–Crippen LogP) is 2.37. The van der Waals surface area contributed by atoms with Gasteiger partial charge >= 0.3 is 0 Å². The van der Waals surface area contributed by atoms with Gasteiger partial charge in [0.1, 0.15) is 16.0 Å². The molecule has 0 aromatic carbocycles. The molecule has 0 aliphatic carbocycles. The number of halogens is 1. The Hall–Kier alpha value is -2.15. The molecule has 6 nitrogen and oxygen atoms in total. The van der Waals surface area contributed by atoms with Crippen LogP contribution in [0, 0.1) is 0 Å². The minimum atomic E-state index is 0.232. The van der Waals surface area contributed by atoms with E-state index in [4.69, 9.17) is 10.5 Å². The number of hydrogen-bond acceptors (Lipinski definition) is 5. The van der Waals surface area contributed by atoms with Crippen LogP contribution in [0.2, 0.25) is 0 Å². The number of nitrogens with one attached hydrogen (secondary N) is 1. The van der Waals surface area contributed by atoms with E-state index in [1.807, 2.05) is 12.3 Å². The highest BCUT2D eigenvalue weighted by Crippen LogP contribution is 2.35. The standard InChI is InChI=1S/C12H10BrN5O/c1-19-8-4-9(13)18-11-10(8)6(5-16-11)7-2-3-15-12(14)17-7/h2-5H,1H3,(H,16,18)(H2,14,15,17). The van der Waals surface area contributed by atoms with E-state index in [9.17, 15) is 0 Å². The lowest BCUT2D eigenvalue weighted by Gasteiger charge is -2.05. The van der Waals surface area contributed by atoms with Crippen molar-refractivity contribution in [2.24, 2.45) is 0 Å². The number of rotatable bonds is 2. The highest BCUT2D eigenvalue weighted by molar-refractivity contribution is 9.10. The third-order valence-electron chi connectivity index (χ3n) is 2.74. The summed E-state index contributed by atoms with van der Waals surface area (Å²) in [5, 5.41) is 0.865. The molecular weight excluding hydrogens is 310 g/mol. The first-order valence-corrected chi connectivity index (χ1v) is 6.29. The lowest BCUT2D eigenvalue weighted by molar-refractivity contribution is 0.419. The first-order valence-electron chi connectivity index (χ1n) is 5.49. The van der Waals surface area contributed by atoms with Crippen molar-refractivity contribution < 1.29 is 4.74 Å². The Kier molecular flexibility index (Phi) is 2.83. The quantitative estimate of drug-likeness (QED) is 0.708. The van der Waals surface area contributed by atoms with Gasteiger partial charge < -0.3 is 15.5 Å². The molecule has 3 aromatic heterocycles. The molecule has 0 spiro atoms. The Morgan fingerprint density at radius 3 is 2.95 bits per heavy atom. The normalized spacial score (nSPS) is 10.8. The monoisotopic (exact) mass is 319 g/mol. The molecule has 0 bridgehead atoms. The fraction of sp³-hybridized carbons (Fsp3) is 0.0833. The summed E-state index contributed by atoms with van der Waals surface area (Å²) >= 11 is 3.34. The summed E-state index contributed by atoms with van der Waals surface area (Å²) in [5.41, 5.74) is 7.94. The summed E-state index contributed by atoms with van der Waals surface area (Å²) in [6.07, 6.45) is 3.45. The molecule has 96 valence electrons. The van der Waals surface area contributed by atoms with Crippen molar-refractivity contribution in [1.82, 2.24) is 19.9 Å². The van der Waals surface area contributed by atoms with E-state index in [1.165, 1.54) is 0 Å². The second-order valence-corrected chi connectivity index (χ2v) is 4.69. The van der Waals surface area contributed by atoms with Crippen molar-refractivity contribution in [3.8, 4) is 17.0 Å². The number of H-pyrrole nitrogens is 1. The van der Waals surface area contributed by atoms with Crippen molar-refractivity contribution in [2.45, 2.75) is 0 Å². The SMILES string of the molecule is COc1cc(Br)nc2[nH]cc(-c3ccnc(N)n3)c12. The Morgan fingerprint density at radius 2 is 2.21 bits per heavy atom. The highest BCUT2D eigenvalue weighted by atomic mass is 79.9. The van der Waals surface area contributed by atoms with Gasteiger partial charge in [-0.25, -0.2) is 15.0 Å². The van der Waals surface area contributed by atoms with Crippen molar-refractivity contribution in [3.63, 3.8) is 0 Å². The molecule has 3 N–H and O–H groups in total. The predicted molar refractivity (Wildman–Crippen MR) is 75.8 cm³/mol. The zero-order valence-electron chi connectivity index (χ0n) is 10.0. The maximum atomic E-state index is 5.62. The van der Waals surface area contributed by atoms with Crippen LogP contribution in [0.3, 0.4) is 0 Å². The number of aromatic amines is 1. The molecule has 7 heteroatoms. The van der Waals surface area contributed by atoms with Crippen LogP contribution >= 0.6 is 15.9 Å². The average Bonchev–Trinajstić information content (AvgIpc) is 2.81. The van der Waals surface area contributed by atoms with Gasteiger partial charge in [-0.05, 0) is 22.0 Å². The van der Waals surface area contributed by atoms with Crippen LogP contribution in [0.15, 0.2) is 29.1 Å². The zero-order valence-corrected chi connectivity index (χ0v) is 11.6. The number of anilines is 1. The molecule has 0 radical (unpaired) electrons. The van der Waals surface area contributed by atoms with Crippen LogP contribution in [-0.4, -0.2) is 27.0 Å². The van der Waals surface area contributed by atoms with Crippen LogP contribution < -0.4 is 10.5 Å². The Morgan fingerprint density at radius 1 is 1.37 bits per heavy atom. The largest absolute Gasteiger partial charge is 0.496 e. The van der Waals surface area contributed by atoms with E-state index in [0.29, 0.717) is 10.4 Å². The molecule has 0 aliphatic heterocycles. The van der Waals surface area contributed by atoms with E-state index >= 15 is 0 Å². The number of ether oxygens (including phenoxy) is 1. The number of pyridine rings is 1. The third-order valence-corrected chi connectivity index (χ3v) is 3.15. The molecule has 0 saturated heterocycles. The van der Waals surface area contributed by atoms with Gasteiger partial charge in [0, 0.05) is 24.0 Å². The molecule has 0 amide bonds. The Bertz CT molecular complexity index is 755. The topological polar surface area (TPSA) is 89.7 Å². The second kappa shape index (κ2) is 4.51. The highest BCUT2D eigenvalue weighted by Gasteiger charge is 2.14. The zero-order chi connectivity index (χ0) is 13.4. The third kappa shape index (κ3) is 2.01. The average molecular weight is 320 g/mol. The van der Waals surface area contributed by atoms with E-state index in [-0.39, 0.29) is 5.95 Å². The van der Waals surface area contributed by atoms with Gasteiger partial charge in [0.05, 0.1) is 18.2 Å². The van der Waals surface area contributed by atoms with E-state index in [2.05, 4.69) is 35.9 Å². The lowest BCUT2D eigenvalue weighted by atomic mass is 10.1. The van der Waals surface area contributed by atoms with Crippen LogP contribution in [0.25, 0.3) is 22.3 Å². The molecule has 0 atom stereocenters. The fourth-order valence-electron chi connectivity index (χ4n) is 1.96. The lowest BCUT2D eigenvalue weighted by Crippen LogP contribution is -1.95. The second-order valence-electron chi connectivity index (χ2n) is 3.87. The number of nitrogens with zero attached hydrogens (tertiary/aromatic N) is 3. The number of hydrogen-bond donors (Lipinski definition) is 2. The minimum Gasteiger partial charge on any atom is -0.496 e. The Balaban J connectivity index is 2.31. The van der Waals surface area contributed by atoms with Crippen LogP contribution in [0.5, 0.6) is 5.75 Å². The van der Waals surface area contributed by atoms with Crippen molar-refractivity contribution in [3.05, 3.63) is 29.1 Å².